The van der Waals surface area contributed by atoms with Crippen LogP contribution in [0.4, 0.5) is 11.4 Å². The minimum Gasteiger partial charge on any atom is -0.497 e. The van der Waals surface area contributed by atoms with Gasteiger partial charge in [0.05, 0.1) is 12.9 Å². The number of para-hydroxylation sites is 2. The molecule has 1 aromatic heterocycles. The number of oxazole rings is 1. The fourth-order valence-electron chi connectivity index (χ4n) is 3.67. The minimum atomic E-state index is -0.236. The number of anilines is 2. The summed E-state index contributed by atoms with van der Waals surface area (Å²) in [7, 11) is 1.56. The van der Waals surface area contributed by atoms with E-state index in [1.165, 1.54) is 11.8 Å². The first kappa shape index (κ1) is 24.1. The number of carbonyl (C=O) groups is 2. The van der Waals surface area contributed by atoms with Crippen molar-refractivity contribution in [2.75, 3.05) is 23.5 Å². The van der Waals surface area contributed by atoms with Gasteiger partial charge >= 0.3 is 0 Å². The van der Waals surface area contributed by atoms with E-state index >= 15 is 0 Å². The number of amides is 2. The molecule has 8 heteroatoms. The smallest absolute Gasteiger partial charge is 0.255 e. The lowest BCUT2D eigenvalue weighted by atomic mass is 10.2. The number of rotatable bonds is 8. The third-order valence-electron chi connectivity index (χ3n) is 5.50. The highest BCUT2D eigenvalue weighted by atomic mass is 32.2. The highest BCUT2D eigenvalue weighted by Crippen LogP contribution is 2.26. The van der Waals surface area contributed by atoms with Crippen LogP contribution in [0.25, 0.3) is 22.6 Å². The average molecular weight is 510 g/mol. The summed E-state index contributed by atoms with van der Waals surface area (Å²) >= 11 is 1.38. The van der Waals surface area contributed by atoms with Crippen LogP contribution in [-0.2, 0) is 4.79 Å². The number of nitrogens with one attached hydrogen (secondary N) is 2. The summed E-state index contributed by atoms with van der Waals surface area (Å²) in [4.78, 5) is 30.5. The topological polar surface area (TPSA) is 93.5 Å². The van der Waals surface area contributed by atoms with Crippen molar-refractivity contribution < 1.29 is 18.7 Å². The van der Waals surface area contributed by atoms with Crippen LogP contribution in [0.5, 0.6) is 5.75 Å². The van der Waals surface area contributed by atoms with Gasteiger partial charge in [-0.05, 0) is 72.8 Å². The Morgan fingerprint density at radius 2 is 1.68 bits per heavy atom. The Balaban J connectivity index is 1.15. The number of benzene rings is 4. The zero-order valence-corrected chi connectivity index (χ0v) is 20.7. The van der Waals surface area contributed by atoms with Crippen molar-refractivity contribution in [2.45, 2.75) is 4.90 Å². The molecule has 2 amide bonds. The number of methoxy groups -OCH3 is 1. The van der Waals surface area contributed by atoms with E-state index in [0.717, 1.165) is 21.6 Å². The molecule has 184 valence electrons. The number of carbonyl (C=O) groups excluding carboxylic acids is 2. The van der Waals surface area contributed by atoms with Crippen molar-refractivity contribution in [3.63, 3.8) is 0 Å². The van der Waals surface area contributed by atoms with Crippen LogP contribution in [0.3, 0.4) is 0 Å². The van der Waals surface area contributed by atoms with Gasteiger partial charge in [-0.1, -0.05) is 24.3 Å². The van der Waals surface area contributed by atoms with Crippen molar-refractivity contribution in [1.82, 2.24) is 4.98 Å². The van der Waals surface area contributed by atoms with Crippen LogP contribution in [0.1, 0.15) is 10.4 Å². The molecule has 2 N–H and O–H groups in total. The molecule has 0 aliphatic heterocycles. The van der Waals surface area contributed by atoms with Crippen molar-refractivity contribution in [3.8, 4) is 17.2 Å². The Hall–Kier alpha value is -4.56. The number of fused-ring (bicyclic) bond motifs is 1. The van der Waals surface area contributed by atoms with Gasteiger partial charge in [-0.15, -0.1) is 11.8 Å². The van der Waals surface area contributed by atoms with Gasteiger partial charge in [-0.25, -0.2) is 4.98 Å². The average Bonchev–Trinajstić information content (AvgIpc) is 3.37. The van der Waals surface area contributed by atoms with E-state index in [1.807, 2.05) is 66.7 Å². The van der Waals surface area contributed by atoms with Crippen LogP contribution in [0.2, 0.25) is 0 Å². The lowest BCUT2D eigenvalue weighted by Gasteiger charge is -2.09. The SMILES string of the molecule is COc1cccc(C(=O)Nc2cccc(SCC(=O)Nc3ccc(-c4nc5ccccc5o4)cc3)c2)c1. The monoisotopic (exact) mass is 509 g/mol. The van der Waals surface area contributed by atoms with Gasteiger partial charge < -0.3 is 19.8 Å². The number of thioether (sulfide) groups is 1. The van der Waals surface area contributed by atoms with Gasteiger partial charge in [-0.3, -0.25) is 9.59 Å². The molecule has 0 fully saturated rings. The van der Waals surface area contributed by atoms with Gasteiger partial charge in [0.2, 0.25) is 11.8 Å². The van der Waals surface area contributed by atoms with E-state index in [4.69, 9.17) is 9.15 Å². The van der Waals surface area contributed by atoms with Crippen molar-refractivity contribution in [2.24, 2.45) is 0 Å². The maximum absolute atomic E-state index is 12.6. The van der Waals surface area contributed by atoms with Gasteiger partial charge in [0.15, 0.2) is 5.58 Å². The van der Waals surface area contributed by atoms with Crippen LogP contribution >= 0.6 is 11.8 Å². The van der Waals surface area contributed by atoms with Crippen LogP contribution < -0.4 is 15.4 Å². The molecule has 0 saturated carbocycles. The fourth-order valence-corrected chi connectivity index (χ4v) is 4.42. The number of nitrogens with zero attached hydrogens (tertiary/aromatic N) is 1. The minimum absolute atomic E-state index is 0.134. The van der Waals surface area contributed by atoms with E-state index < -0.39 is 0 Å². The van der Waals surface area contributed by atoms with E-state index in [9.17, 15) is 9.59 Å². The molecule has 0 aliphatic carbocycles. The normalized spacial score (nSPS) is 10.7. The third kappa shape index (κ3) is 5.99. The molecule has 5 aromatic rings. The first-order chi connectivity index (χ1) is 18.1. The van der Waals surface area contributed by atoms with Crippen molar-refractivity contribution >= 4 is 46.1 Å². The van der Waals surface area contributed by atoms with Crippen molar-refractivity contribution in [3.05, 3.63) is 103 Å². The summed E-state index contributed by atoms with van der Waals surface area (Å²) in [5, 5.41) is 5.79. The molecule has 0 radical (unpaired) electrons. The zero-order chi connectivity index (χ0) is 25.6. The number of aromatic nitrogens is 1. The molecule has 5 rings (SSSR count). The molecule has 0 aliphatic rings. The highest BCUT2D eigenvalue weighted by Gasteiger charge is 2.10. The largest absolute Gasteiger partial charge is 0.497 e. The fraction of sp³-hybridized carbons (Fsp3) is 0.0690. The van der Waals surface area contributed by atoms with E-state index in [-0.39, 0.29) is 17.6 Å². The molecule has 7 nitrogen and oxygen atoms in total. The second-order valence-corrected chi connectivity index (χ2v) is 9.16. The maximum atomic E-state index is 12.6. The first-order valence-corrected chi connectivity index (χ1v) is 12.5. The molecule has 0 spiro atoms. The van der Waals surface area contributed by atoms with Gasteiger partial charge in [0, 0.05) is 27.4 Å². The molecule has 1 heterocycles. The molecule has 4 aromatic carbocycles. The molecular weight excluding hydrogens is 486 g/mol. The summed E-state index contributed by atoms with van der Waals surface area (Å²) in [6.07, 6.45) is 0. The molecule has 37 heavy (non-hydrogen) atoms. The lowest BCUT2D eigenvalue weighted by Crippen LogP contribution is -2.14. The Morgan fingerprint density at radius 3 is 2.49 bits per heavy atom. The van der Waals surface area contributed by atoms with E-state index in [1.54, 1.807) is 37.4 Å². The summed E-state index contributed by atoms with van der Waals surface area (Å²) in [6.45, 7) is 0. The second-order valence-electron chi connectivity index (χ2n) is 8.11. The van der Waals surface area contributed by atoms with Crippen LogP contribution in [-0.4, -0.2) is 29.7 Å². The number of ether oxygens (including phenoxy) is 1. The third-order valence-corrected chi connectivity index (χ3v) is 6.50. The van der Waals surface area contributed by atoms with Gasteiger partial charge in [-0.2, -0.15) is 0 Å². The standard InChI is InChI=1S/C29H23N3O4S/c1-35-23-8-4-6-20(16-23)28(34)31-22-7-5-9-24(17-22)37-18-27(33)30-21-14-12-19(13-15-21)29-32-25-10-2-3-11-26(25)36-29/h2-17H,18H2,1H3,(H,30,33)(H,31,34). The highest BCUT2D eigenvalue weighted by molar-refractivity contribution is 8.00. The predicted molar refractivity (Wildman–Crippen MR) is 146 cm³/mol. The number of hydrogen-bond donors (Lipinski definition) is 2. The summed E-state index contributed by atoms with van der Waals surface area (Å²) < 4.78 is 11.0. The molecular formula is C29H23N3O4S. The molecule has 0 unspecified atom stereocenters. The van der Waals surface area contributed by atoms with Crippen LogP contribution in [0.15, 0.2) is 106 Å². The second kappa shape index (κ2) is 11.0. The summed E-state index contributed by atoms with van der Waals surface area (Å²) in [6, 6.07) is 29.3. The van der Waals surface area contributed by atoms with Crippen molar-refractivity contribution in [1.29, 1.82) is 0 Å². The van der Waals surface area contributed by atoms with Gasteiger partial charge in [0.1, 0.15) is 11.3 Å². The Kier molecular flexibility index (Phi) is 7.19. The first-order valence-electron chi connectivity index (χ1n) is 11.5. The molecule has 0 atom stereocenters. The Bertz CT molecular complexity index is 1530. The predicted octanol–water partition coefficient (Wildman–Crippen LogP) is 6.49. The summed E-state index contributed by atoms with van der Waals surface area (Å²) in [5.41, 5.74) is 4.19. The van der Waals surface area contributed by atoms with Gasteiger partial charge in [0.25, 0.3) is 5.91 Å². The summed E-state index contributed by atoms with van der Waals surface area (Å²) in [5.74, 6) is 1.00. The van der Waals surface area contributed by atoms with E-state index in [0.29, 0.717) is 28.6 Å². The van der Waals surface area contributed by atoms with Crippen LogP contribution in [0, 0.1) is 0 Å². The zero-order valence-electron chi connectivity index (χ0n) is 19.9. The molecule has 0 bridgehead atoms. The quantitative estimate of drug-likeness (QED) is 0.232. The Labute approximate surface area is 217 Å². The number of hydrogen-bond acceptors (Lipinski definition) is 6. The maximum Gasteiger partial charge on any atom is 0.255 e. The Morgan fingerprint density at radius 1 is 0.865 bits per heavy atom. The lowest BCUT2D eigenvalue weighted by molar-refractivity contribution is -0.113. The van der Waals surface area contributed by atoms with E-state index in [2.05, 4.69) is 15.6 Å². The molecule has 0 saturated heterocycles.